The number of sulfonamides is 1. The van der Waals surface area contributed by atoms with E-state index in [0.717, 1.165) is 12.1 Å². The van der Waals surface area contributed by atoms with Gasteiger partial charge in [0.1, 0.15) is 11.5 Å². The first-order chi connectivity index (χ1) is 14.8. The summed E-state index contributed by atoms with van der Waals surface area (Å²) in [6.07, 6.45) is 0.551. The molecule has 2 heterocycles. The van der Waals surface area contributed by atoms with Gasteiger partial charge < -0.3 is 14.4 Å². The van der Waals surface area contributed by atoms with Gasteiger partial charge in [0.2, 0.25) is 10.0 Å². The van der Waals surface area contributed by atoms with Gasteiger partial charge in [0.05, 0.1) is 18.6 Å². The summed E-state index contributed by atoms with van der Waals surface area (Å²) < 4.78 is 65.5. The topological polar surface area (TPSA) is 76.2 Å². The van der Waals surface area contributed by atoms with E-state index < -0.39 is 33.3 Å². The number of piperidine rings is 1. The maximum Gasteiger partial charge on any atom is 0.253 e. The Hall–Kier alpha value is -2.56. The van der Waals surface area contributed by atoms with Gasteiger partial charge in [0, 0.05) is 38.0 Å². The van der Waals surface area contributed by atoms with Crippen molar-refractivity contribution in [3.63, 3.8) is 0 Å². The van der Waals surface area contributed by atoms with Gasteiger partial charge in [-0.05, 0) is 42.5 Å². The summed E-state index contributed by atoms with van der Waals surface area (Å²) in [4.78, 5) is 14.3. The Morgan fingerprint density at radius 1 is 1.03 bits per heavy atom. The summed E-state index contributed by atoms with van der Waals surface area (Å²) >= 11 is 0. The predicted molar refractivity (Wildman–Crippen MR) is 107 cm³/mol. The molecule has 0 radical (unpaired) electrons. The van der Waals surface area contributed by atoms with Crippen LogP contribution in [0.1, 0.15) is 23.2 Å². The third kappa shape index (κ3) is 3.90. The minimum absolute atomic E-state index is 0.0462. The van der Waals surface area contributed by atoms with Crippen molar-refractivity contribution in [1.29, 1.82) is 0 Å². The van der Waals surface area contributed by atoms with Crippen molar-refractivity contribution in [2.45, 2.75) is 23.5 Å². The molecule has 0 unspecified atom stereocenters. The fourth-order valence-electron chi connectivity index (χ4n) is 4.07. The maximum atomic E-state index is 13.5. The summed E-state index contributed by atoms with van der Waals surface area (Å²) in [5, 5.41) is 0. The molecule has 2 fully saturated rings. The average Bonchev–Trinajstić information content (AvgIpc) is 3.19. The molecule has 0 atom stereocenters. The van der Waals surface area contributed by atoms with Gasteiger partial charge in [-0.2, -0.15) is 4.31 Å². The number of hydrogen-bond acceptors (Lipinski definition) is 5. The van der Waals surface area contributed by atoms with E-state index in [1.54, 1.807) is 12.1 Å². The molecule has 2 aromatic rings. The summed E-state index contributed by atoms with van der Waals surface area (Å²) in [7, 11) is -2.31. The molecule has 0 bridgehead atoms. The minimum atomic E-state index is -3.81. The zero-order valence-corrected chi connectivity index (χ0v) is 17.7. The number of carbonyl (C=O) groups is 1. The van der Waals surface area contributed by atoms with Crippen LogP contribution in [-0.2, 0) is 14.8 Å². The van der Waals surface area contributed by atoms with Crippen LogP contribution in [0.15, 0.2) is 47.4 Å². The molecule has 1 spiro atoms. The second-order valence-corrected chi connectivity index (χ2v) is 9.33. The smallest absolute Gasteiger partial charge is 0.253 e. The highest BCUT2D eigenvalue weighted by atomic mass is 32.2. The number of likely N-dealkylation sites (tertiary alicyclic amines) is 1. The van der Waals surface area contributed by atoms with Crippen molar-refractivity contribution in [1.82, 2.24) is 9.21 Å². The molecule has 2 aliphatic rings. The van der Waals surface area contributed by atoms with Crippen LogP contribution in [0.5, 0.6) is 5.75 Å². The van der Waals surface area contributed by atoms with Crippen LogP contribution < -0.4 is 4.74 Å². The standard InChI is InChI=1S/C21H22F2N2O5S/c1-29-16-3-5-17(6-4-16)31(27,28)25-12-13-30-21(25)8-10-24(11-9-21)20(26)15-2-7-18(22)19(23)14-15/h2-7,14H,8-13H2,1H3. The van der Waals surface area contributed by atoms with Gasteiger partial charge in [0.25, 0.3) is 5.91 Å². The molecule has 2 aromatic carbocycles. The van der Waals surface area contributed by atoms with Gasteiger partial charge in [-0.25, -0.2) is 17.2 Å². The molecule has 31 heavy (non-hydrogen) atoms. The third-order valence-corrected chi connectivity index (χ3v) is 7.73. The molecule has 166 valence electrons. The Balaban J connectivity index is 1.51. The number of ether oxygens (including phenoxy) is 2. The Labute approximate surface area is 179 Å². The van der Waals surface area contributed by atoms with Crippen molar-refractivity contribution >= 4 is 15.9 Å². The fraction of sp³-hybridized carbons (Fsp3) is 0.381. The van der Waals surface area contributed by atoms with Crippen molar-refractivity contribution in [2.75, 3.05) is 33.4 Å². The zero-order valence-electron chi connectivity index (χ0n) is 16.9. The normalized spacial score (nSPS) is 19.0. The largest absolute Gasteiger partial charge is 0.497 e. The lowest BCUT2D eigenvalue weighted by atomic mass is 10.00. The van der Waals surface area contributed by atoms with E-state index in [2.05, 4.69) is 0 Å². The molecule has 1 amide bonds. The Morgan fingerprint density at radius 3 is 2.32 bits per heavy atom. The second-order valence-electron chi connectivity index (χ2n) is 7.47. The quantitative estimate of drug-likeness (QED) is 0.713. The van der Waals surface area contributed by atoms with Crippen molar-refractivity contribution in [2.24, 2.45) is 0 Å². The Kier molecular flexibility index (Phi) is 5.71. The van der Waals surface area contributed by atoms with Crippen molar-refractivity contribution in [3.05, 3.63) is 59.7 Å². The van der Waals surface area contributed by atoms with Gasteiger partial charge in [-0.15, -0.1) is 0 Å². The maximum absolute atomic E-state index is 13.5. The van der Waals surface area contributed by atoms with Gasteiger partial charge in [0.15, 0.2) is 11.6 Å². The van der Waals surface area contributed by atoms with Crippen LogP contribution >= 0.6 is 0 Å². The molecule has 0 aromatic heterocycles. The third-order valence-electron chi connectivity index (χ3n) is 5.77. The zero-order chi connectivity index (χ0) is 22.2. The summed E-state index contributed by atoms with van der Waals surface area (Å²) in [5.41, 5.74) is -0.992. The molecule has 0 aliphatic carbocycles. The van der Waals surface area contributed by atoms with E-state index in [0.29, 0.717) is 5.75 Å². The lowest BCUT2D eigenvalue weighted by Crippen LogP contribution is -2.55. The van der Waals surface area contributed by atoms with E-state index in [1.807, 2.05) is 0 Å². The van der Waals surface area contributed by atoms with Crippen LogP contribution in [0, 0.1) is 11.6 Å². The van der Waals surface area contributed by atoms with Gasteiger partial charge in [-0.1, -0.05) is 0 Å². The molecule has 2 aliphatic heterocycles. The van der Waals surface area contributed by atoms with Crippen LogP contribution in [0.2, 0.25) is 0 Å². The van der Waals surface area contributed by atoms with Gasteiger partial charge >= 0.3 is 0 Å². The van der Waals surface area contributed by atoms with Crippen molar-refractivity contribution in [3.8, 4) is 5.75 Å². The monoisotopic (exact) mass is 452 g/mol. The van der Waals surface area contributed by atoms with E-state index in [9.17, 15) is 22.0 Å². The SMILES string of the molecule is COc1ccc(S(=O)(=O)N2CCOC23CCN(C(=O)c2ccc(F)c(F)c2)CC3)cc1. The van der Waals surface area contributed by atoms with E-state index in [4.69, 9.17) is 9.47 Å². The minimum Gasteiger partial charge on any atom is -0.497 e. The first-order valence-corrected chi connectivity index (χ1v) is 11.3. The summed E-state index contributed by atoms with van der Waals surface area (Å²) in [5.74, 6) is -1.99. The molecule has 4 rings (SSSR count). The molecule has 0 N–H and O–H groups in total. The highest BCUT2D eigenvalue weighted by Gasteiger charge is 2.51. The number of benzene rings is 2. The second kappa shape index (κ2) is 8.18. The number of hydrogen-bond donors (Lipinski definition) is 0. The van der Waals surface area contributed by atoms with Crippen LogP contribution in [0.25, 0.3) is 0 Å². The summed E-state index contributed by atoms with van der Waals surface area (Å²) in [6, 6.07) is 9.16. The number of rotatable bonds is 4. The number of methoxy groups -OCH3 is 1. The summed E-state index contributed by atoms with van der Waals surface area (Å²) in [6.45, 7) is 0.927. The lowest BCUT2D eigenvalue weighted by molar-refractivity contribution is -0.0857. The predicted octanol–water partition coefficient (Wildman–Crippen LogP) is 2.63. The number of carbonyl (C=O) groups excluding carboxylic acids is 1. The Morgan fingerprint density at radius 2 is 1.71 bits per heavy atom. The molecule has 10 heteroatoms. The fourth-order valence-corrected chi connectivity index (χ4v) is 5.80. The first kappa shape index (κ1) is 21.7. The molecule has 0 saturated carbocycles. The van der Waals surface area contributed by atoms with Crippen LogP contribution in [-0.4, -0.2) is 62.6 Å². The highest BCUT2D eigenvalue weighted by Crippen LogP contribution is 2.38. The number of nitrogens with zero attached hydrogens (tertiary/aromatic N) is 2. The molecular formula is C21H22F2N2O5S. The molecule has 7 nitrogen and oxygen atoms in total. The average molecular weight is 452 g/mol. The molecular weight excluding hydrogens is 430 g/mol. The number of amides is 1. The molecule has 2 saturated heterocycles. The van der Waals surface area contributed by atoms with Gasteiger partial charge in [-0.3, -0.25) is 4.79 Å². The van der Waals surface area contributed by atoms with Crippen LogP contribution in [0.3, 0.4) is 0 Å². The van der Waals surface area contributed by atoms with E-state index >= 15 is 0 Å². The lowest BCUT2D eigenvalue weighted by Gasteiger charge is -2.42. The Bertz CT molecular complexity index is 1080. The highest BCUT2D eigenvalue weighted by molar-refractivity contribution is 7.89. The number of halogens is 2. The van der Waals surface area contributed by atoms with E-state index in [1.165, 1.54) is 34.5 Å². The first-order valence-electron chi connectivity index (χ1n) is 9.82. The van der Waals surface area contributed by atoms with Crippen LogP contribution in [0.4, 0.5) is 8.78 Å². The van der Waals surface area contributed by atoms with Crippen molar-refractivity contribution < 1.29 is 31.5 Å². The van der Waals surface area contributed by atoms with E-state index in [-0.39, 0.29) is 49.5 Å².